The summed E-state index contributed by atoms with van der Waals surface area (Å²) >= 11 is 0. The van der Waals surface area contributed by atoms with Crippen molar-refractivity contribution in [3.8, 4) is 0 Å². The minimum absolute atomic E-state index is 0.195. The van der Waals surface area contributed by atoms with Gasteiger partial charge in [-0.05, 0) is 31.3 Å². The topological polar surface area (TPSA) is 35.6 Å². The Morgan fingerprint density at radius 3 is 2.47 bits per heavy atom. The molecule has 0 aliphatic carbocycles. The van der Waals surface area contributed by atoms with E-state index in [1.165, 1.54) is 0 Å². The SMILES string of the molecule is CN1CCC(N2CC3CNCC3C2)C1=O. The molecule has 3 atom stereocenters. The monoisotopic (exact) mass is 209 g/mol. The molecule has 84 valence electrons. The fraction of sp³-hybridized carbons (Fsp3) is 0.909. The number of amides is 1. The van der Waals surface area contributed by atoms with Gasteiger partial charge in [0.25, 0.3) is 0 Å². The van der Waals surface area contributed by atoms with Crippen LogP contribution in [0.4, 0.5) is 0 Å². The number of likely N-dealkylation sites (N-methyl/N-ethyl adjacent to an activating group) is 1. The smallest absolute Gasteiger partial charge is 0.239 e. The highest BCUT2D eigenvalue weighted by molar-refractivity contribution is 5.83. The number of likely N-dealkylation sites (tertiary alicyclic amines) is 2. The summed E-state index contributed by atoms with van der Waals surface area (Å²) in [4.78, 5) is 16.2. The van der Waals surface area contributed by atoms with E-state index in [1.54, 1.807) is 0 Å². The molecule has 0 spiro atoms. The third kappa shape index (κ3) is 1.47. The minimum atomic E-state index is 0.195. The molecule has 4 nitrogen and oxygen atoms in total. The van der Waals surface area contributed by atoms with Crippen molar-refractivity contribution in [2.24, 2.45) is 11.8 Å². The average Bonchev–Trinajstić information content (AvgIpc) is 2.82. The molecular weight excluding hydrogens is 190 g/mol. The zero-order valence-electron chi connectivity index (χ0n) is 9.28. The summed E-state index contributed by atoms with van der Waals surface area (Å²) in [6.45, 7) is 5.49. The van der Waals surface area contributed by atoms with Gasteiger partial charge in [0.2, 0.25) is 5.91 Å². The summed E-state index contributed by atoms with van der Waals surface area (Å²) in [7, 11) is 1.92. The summed E-state index contributed by atoms with van der Waals surface area (Å²) < 4.78 is 0. The van der Waals surface area contributed by atoms with Crippen LogP contribution in [0.2, 0.25) is 0 Å². The molecule has 0 aromatic heterocycles. The number of nitrogens with one attached hydrogen (secondary N) is 1. The Hall–Kier alpha value is -0.610. The van der Waals surface area contributed by atoms with Crippen molar-refractivity contribution >= 4 is 5.91 Å². The fourth-order valence-electron chi connectivity index (χ4n) is 3.29. The van der Waals surface area contributed by atoms with E-state index in [4.69, 9.17) is 0 Å². The van der Waals surface area contributed by atoms with E-state index in [0.717, 1.165) is 51.0 Å². The number of hydrogen-bond donors (Lipinski definition) is 1. The lowest BCUT2D eigenvalue weighted by Crippen LogP contribution is -2.41. The molecule has 3 fully saturated rings. The van der Waals surface area contributed by atoms with Crippen molar-refractivity contribution in [2.45, 2.75) is 12.5 Å². The normalized spacial score (nSPS) is 41.5. The summed E-state index contributed by atoms with van der Waals surface area (Å²) in [6.07, 6.45) is 1.03. The van der Waals surface area contributed by atoms with Crippen LogP contribution in [0.1, 0.15) is 6.42 Å². The van der Waals surface area contributed by atoms with Gasteiger partial charge in [-0.25, -0.2) is 0 Å². The molecule has 0 aromatic rings. The van der Waals surface area contributed by atoms with Crippen LogP contribution < -0.4 is 5.32 Å². The summed E-state index contributed by atoms with van der Waals surface area (Å²) in [5.41, 5.74) is 0. The van der Waals surface area contributed by atoms with E-state index in [9.17, 15) is 4.79 Å². The molecule has 1 amide bonds. The maximum absolute atomic E-state index is 11.9. The zero-order chi connectivity index (χ0) is 10.4. The van der Waals surface area contributed by atoms with Gasteiger partial charge < -0.3 is 10.2 Å². The fourth-order valence-corrected chi connectivity index (χ4v) is 3.29. The minimum Gasteiger partial charge on any atom is -0.344 e. The number of carbonyl (C=O) groups excluding carboxylic acids is 1. The quantitative estimate of drug-likeness (QED) is 0.624. The zero-order valence-corrected chi connectivity index (χ0v) is 9.28. The highest BCUT2D eigenvalue weighted by Gasteiger charge is 2.43. The molecule has 4 heteroatoms. The van der Waals surface area contributed by atoms with E-state index >= 15 is 0 Å². The standard InChI is InChI=1S/C11H19N3O/c1-13-3-2-10(11(13)15)14-6-8-4-12-5-9(8)7-14/h8-10,12H,2-7H2,1H3. The molecule has 0 radical (unpaired) electrons. The Labute approximate surface area is 90.6 Å². The second kappa shape index (κ2) is 3.46. The lowest BCUT2D eigenvalue weighted by Gasteiger charge is -2.23. The first kappa shape index (κ1) is 9.60. The Bertz CT molecular complexity index is 269. The predicted octanol–water partition coefficient (Wildman–Crippen LogP) is -0.632. The maximum atomic E-state index is 11.9. The van der Waals surface area contributed by atoms with Crippen molar-refractivity contribution in [1.82, 2.24) is 15.1 Å². The molecule has 3 heterocycles. The van der Waals surface area contributed by atoms with E-state index in [0.29, 0.717) is 5.91 Å². The highest BCUT2D eigenvalue weighted by atomic mass is 16.2. The third-order valence-electron chi connectivity index (χ3n) is 4.26. The number of fused-ring (bicyclic) bond motifs is 1. The second-order valence-corrected chi connectivity index (χ2v) is 5.20. The Morgan fingerprint density at radius 1 is 1.27 bits per heavy atom. The Balaban J connectivity index is 1.67. The van der Waals surface area contributed by atoms with Gasteiger partial charge in [0, 0.05) is 26.7 Å². The van der Waals surface area contributed by atoms with Crippen molar-refractivity contribution < 1.29 is 4.79 Å². The van der Waals surface area contributed by atoms with Crippen LogP contribution in [0.15, 0.2) is 0 Å². The molecule has 0 saturated carbocycles. The van der Waals surface area contributed by atoms with Crippen molar-refractivity contribution in [2.75, 3.05) is 39.8 Å². The van der Waals surface area contributed by atoms with E-state index in [-0.39, 0.29) is 6.04 Å². The van der Waals surface area contributed by atoms with Crippen LogP contribution in [0, 0.1) is 11.8 Å². The van der Waals surface area contributed by atoms with Gasteiger partial charge in [-0.1, -0.05) is 0 Å². The highest BCUT2D eigenvalue weighted by Crippen LogP contribution is 2.30. The van der Waals surface area contributed by atoms with Crippen LogP contribution in [-0.2, 0) is 4.79 Å². The van der Waals surface area contributed by atoms with Gasteiger partial charge in [0.15, 0.2) is 0 Å². The van der Waals surface area contributed by atoms with Gasteiger partial charge in [-0.15, -0.1) is 0 Å². The first-order valence-corrected chi connectivity index (χ1v) is 5.95. The average molecular weight is 209 g/mol. The molecule has 3 aliphatic heterocycles. The molecule has 3 saturated heterocycles. The number of hydrogen-bond acceptors (Lipinski definition) is 3. The molecule has 3 rings (SSSR count). The third-order valence-corrected chi connectivity index (χ3v) is 4.26. The predicted molar refractivity (Wildman–Crippen MR) is 57.5 cm³/mol. The van der Waals surface area contributed by atoms with Crippen LogP contribution in [-0.4, -0.2) is 61.5 Å². The lowest BCUT2D eigenvalue weighted by molar-refractivity contribution is -0.130. The molecule has 0 aromatic carbocycles. The Kier molecular flexibility index (Phi) is 2.21. The van der Waals surface area contributed by atoms with Gasteiger partial charge >= 0.3 is 0 Å². The van der Waals surface area contributed by atoms with Crippen LogP contribution in [0.3, 0.4) is 0 Å². The summed E-state index contributed by atoms with van der Waals surface area (Å²) in [5, 5.41) is 3.43. The largest absolute Gasteiger partial charge is 0.344 e. The van der Waals surface area contributed by atoms with Gasteiger partial charge in [0.1, 0.15) is 0 Å². The maximum Gasteiger partial charge on any atom is 0.239 e. The van der Waals surface area contributed by atoms with Crippen molar-refractivity contribution in [3.05, 3.63) is 0 Å². The number of rotatable bonds is 1. The molecular formula is C11H19N3O. The Morgan fingerprint density at radius 2 is 1.93 bits per heavy atom. The molecule has 0 bridgehead atoms. The lowest BCUT2D eigenvalue weighted by atomic mass is 10.0. The molecule has 3 unspecified atom stereocenters. The summed E-state index contributed by atoms with van der Waals surface area (Å²) in [5.74, 6) is 1.93. The molecule has 3 aliphatic rings. The van der Waals surface area contributed by atoms with Crippen LogP contribution in [0.25, 0.3) is 0 Å². The van der Waals surface area contributed by atoms with Crippen molar-refractivity contribution in [1.29, 1.82) is 0 Å². The molecule has 15 heavy (non-hydrogen) atoms. The van der Waals surface area contributed by atoms with E-state index < -0.39 is 0 Å². The van der Waals surface area contributed by atoms with Gasteiger partial charge in [-0.3, -0.25) is 9.69 Å². The van der Waals surface area contributed by atoms with Crippen LogP contribution >= 0.6 is 0 Å². The molecule has 1 N–H and O–H groups in total. The van der Waals surface area contributed by atoms with Gasteiger partial charge in [0.05, 0.1) is 6.04 Å². The van der Waals surface area contributed by atoms with E-state index in [1.807, 2.05) is 11.9 Å². The van der Waals surface area contributed by atoms with Gasteiger partial charge in [-0.2, -0.15) is 0 Å². The van der Waals surface area contributed by atoms with Crippen LogP contribution in [0.5, 0.6) is 0 Å². The first-order chi connectivity index (χ1) is 7.25. The number of carbonyl (C=O) groups is 1. The van der Waals surface area contributed by atoms with Crippen molar-refractivity contribution in [3.63, 3.8) is 0 Å². The summed E-state index contributed by atoms with van der Waals surface area (Å²) in [6, 6.07) is 0.195. The second-order valence-electron chi connectivity index (χ2n) is 5.20. The van der Waals surface area contributed by atoms with E-state index in [2.05, 4.69) is 10.2 Å². The number of nitrogens with zero attached hydrogens (tertiary/aromatic N) is 2. The first-order valence-electron chi connectivity index (χ1n) is 5.95.